The highest BCUT2D eigenvalue weighted by molar-refractivity contribution is 6.04. The fourth-order valence-electron chi connectivity index (χ4n) is 3.23. The summed E-state index contributed by atoms with van der Waals surface area (Å²) < 4.78 is 21.6. The van der Waals surface area contributed by atoms with Crippen LogP contribution in [0.25, 0.3) is 28.0 Å². The number of aromatic amines is 1. The smallest absolute Gasteiger partial charge is 0.261 e. The number of rotatable bonds is 4. The van der Waals surface area contributed by atoms with Crippen molar-refractivity contribution in [1.82, 2.24) is 24.7 Å². The second-order valence-corrected chi connectivity index (χ2v) is 6.76. The van der Waals surface area contributed by atoms with E-state index in [9.17, 15) is 9.18 Å². The molecule has 0 spiro atoms. The standard InChI is InChI=1S/C21H15FN6O2/c1-12-6-20(30-27-12)26-21(29)16-4-2-13(7-17(16)22)18-10-23-19-5-3-14(11-28(18)19)15-8-24-25-9-15/h2-11H,1H3,(H,24,25)(H,26,29). The number of hydrogen-bond donors (Lipinski definition) is 2. The number of amides is 1. The van der Waals surface area contributed by atoms with Gasteiger partial charge < -0.3 is 4.52 Å². The third kappa shape index (κ3) is 3.12. The van der Waals surface area contributed by atoms with Crippen molar-refractivity contribution in [1.29, 1.82) is 0 Å². The van der Waals surface area contributed by atoms with Crippen molar-refractivity contribution in [2.75, 3.05) is 5.32 Å². The van der Waals surface area contributed by atoms with Crippen LogP contribution < -0.4 is 5.32 Å². The zero-order valence-corrected chi connectivity index (χ0v) is 15.8. The van der Waals surface area contributed by atoms with Crippen LogP contribution in [0.5, 0.6) is 0 Å². The number of fused-ring (bicyclic) bond motifs is 1. The normalized spacial score (nSPS) is 11.1. The minimum atomic E-state index is -0.651. The summed E-state index contributed by atoms with van der Waals surface area (Å²) in [6.07, 6.45) is 7.09. The van der Waals surface area contributed by atoms with Gasteiger partial charge in [0.2, 0.25) is 5.88 Å². The molecule has 0 bridgehead atoms. The monoisotopic (exact) mass is 402 g/mol. The summed E-state index contributed by atoms with van der Waals surface area (Å²) in [4.78, 5) is 16.7. The van der Waals surface area contributed by atoms with Crippen LogP contribution in [0.4, 0.5) is 10.3 Å². The van der Waals surface area contributed by atoms with Gasteiger partial charge in [0.1, 0.15) is 11.5 Å². The van der Waals surface area contributed by atoms with Crippen molar-refractivity contribution in [3.05, 3.63) is 78.3 Å². The third-order valence-electron chi connectivity index (χ3n) is 4.71. The molecule has 9 heteroatoms. The van der Waals surface area contributed by atoms with Crippen molar-refractivity contribution < 1.29 is 13.7 Å². The number of carbonyl (C=O) groups excluding carboxylic acids is 1. The first-order valence-corrected chi connectivity index (χ1v) is 9.09. The topological polar surface area (TPSA) is 101 Å². The summed E-state index contributed by atoms with van der Waals surface area (Å²) in [5.41, 5.74) is 4.40. The van der Waals surface area contributed by atoms with Crippen molar-refractivity contribution in [2.24, 2.45) is 0 Å². The minimum absolute atomic E-state index is 0.0966. The maximum atomic E-state index is 14.8. The summed E-state index contributed by atoms with van der Waals surface area (Å²) in [7, 11) is 0. The number of halogens is 1. The lowest BCUT2D eigenvalue weighted by Crippen LogP contribution is -2.13. The van der Waals surface area contributed by atoms with Crippen LogP contribution in [0.3, 0.4) is 0 Å². The van der Waals surface area contributed by atoms with E-state index in [2.05, 4.69) is 25.7 Å². The largest absolute Gasteiger partial charge is 0.338 e. The number of aromatic nitrogens is 5. The Hall–Kier alpha value is -4.27. The lowest BCUT2D eigenvalue weighted by Gasteiger charge is -2.07. The number of hydrogen-bond acceptors (Lipinski definition) is 5. The number of aryl methyl sites for hydroxylation is 1. The molecule has 1 amide bonds. The van der Waals surface area contributed by atoms with Gasteiger partial charge >= 0.3 is 0 Å². The molecule has 0 aliphatic heterocycles. The Balaban J connectivity index is 1.49. The zero-order chi connectivity index (χ0) is 20.7. The van der Waals surface area contributed by atoms with E-state index in [4.69, 9.17) is 4.52 Å². The van der Waals surface area contributed by atoms with E-state index in [0.717, 1.165) is 16.8 Å². The molecule has 0 fully saturated rings. The van der Waals surface area contributed by atoms with E-state index in [0.29, 0.717) is 17.0 Å². The van der Waals surface area contributed by atoms with E-state index in [-0.39, 0.29) is 11.4 Å². The predicted octanol–water partition coefficient (Wildman–Crippen LogP) is 4.08. The van der Waals surface area contributed by atoms with Crippen LogP contribution in [0.15, 0.2) is 65.7 Å². The summed E-state index contributed by atoms with van der Waals surface area (Å²) in [6.45, 7) is 1.72. The molecule has 0 unspecified atom stereocenters. The number of carbonyl (C=O) groups is 1. The molecule has 0 aliphatic rings. The maximum absolute atomic E-state index is 14.8. The number of anilines is 1. The van der Waals surface area contributed by atoms with Crippen molar-refractivity contribution in [2.45, 2.75) is 6.92 Å². The second kappa shape index (κ2) is 6.96. The number of nitrogens with one attached hydrogen (secondary N) is 2. The lowest BCUT2D eigenvalue weighted by molar-refractivity contribution is 0.102. The molecule has 4 heterocycles. The predicted molar refractivity (Wildman–Crippen MR) is 107 cm³/mol. The molecule has 0 saturated carbocycles. The van der Waals surface area contributed by atoms with Gasteiger partial charge in [-0.15, -0.1) is 0 Å². The number of imidazole rings is 1. The highest BCUT2D eigenvalue weighted by Crippen LogP contribution is 2.26. The lowest BCUT2D eigenvalue weighted by atomic mass is 10.1. The third-order valence-corrected chi connectivity index (χ3v) is 4.71. The molecule has 8 nitrogen and oxygen atoms in total. The van der Waals surface area contributed by atoms with Gasteiger partial charge in [0.05, 0.1) is 29.3 Å². The Morgan fingerprint density at radius 3 is 2.73 bits per heavy atom. The first kappa shape index (κ1) is 17.8. The van der Waals surface area contributed by atoms with Crippen LogP contribution in [0.2, 0.25) is 0 Å². The Kier molecular flexibility index (Phi) is 4.13. The molecule has 0 radical (unpaired) electrons. The minimum Gasteiger partial charge on any atom is -0.338 e. The molecule has 30 heavy (non-hydrogen) atoms. The molecule has 1 aromatic carbocycles. The Bertz CT molecular complexity index is 1370. The number of H-pyrrole nitrogens is 1. The summed E-state index contributed by atoms with van der Waals surface area (Å²) >= 11 is 0. The van der Waals surface area contributed by atoms with Gasteiger partial charge in [-0.3, -0.25) is 19.6 Å². The quantitative estimate of drug-likeness (QED) is 0.472. The molecule has 148 valence electrons. The first-order valence-electron chi connectivity index (χ1n) is 9.09. The van der Waals surface area contributed by atoms with Crippen LogP contribution in [0.1, 0.15) is 16.1 Å². The molecule has 5 rings (SSSR count). The second-order valence-electron chi connectivity index (χ2n) is 6.76. The van der Waals surface area contributed by atoms with Gasteiger partial charge in [0, 0.05) is 35.2 Å². The van der Waals surface area contributed by atoms with Crippen LogP contribution >= 0.6 is 0 Å². The molecule has 2 N–H and O–H groups in total. The van der Waals surface area contributed by atoms with Crippen molar-refractivity contribution in [3.63, 3.8) is 0 Å². The highest BCUT2D eigenvalue weighted by atomic mass is 19.1. The fraction of sp³-hybridized carbons (Fsp3) is 0.0476. The summed E-state index contributed by atoms with van der Waals surface area (Å²) in [5, 5.41) is 12.9. The van der Waals surface area contributed by atoms with Crippen LogP contribution in [-0.4, -0.2) is 30.6 Å². The van der Waals surface area contributed by atoms with E-state index in [1.54, 1.807) is 37.6 Å². The first-order chi connectivity index (χ1) is 14.6. The molecule has 4 aromatic heterocycles. The van der Waals surface area contributed by atoms with Gasteiger partial charge in [-0.2, -0.15) is 5.10 Å². The van der Waals surface area contributed by atoms with E-state index in [1.165, 1.54) is 12.1 Å². The van der Waals surface area contributed by atoms with E-state index < -0.39 is 11.7 Å². The number of nitrogens with zero attached hydrogens (tertiary/aromatic N) is 4. The Morgan fingerprint density at radius 1 is 1.13 bits per heavy atom. The average molecular weight is 402 g/mol. The maximum Gasteiger partial charge on any atom is 0.261 e. The molecule has 0 atom stereocenters. The summed E-state index contributed by atoms with van der Waals surface area (Å²) in [6, 6.07) is 9.80. The van der Waals surface area contributed by atoms with Gasteiger partial charge in [-0.25, -0.2) is 9.37 Å². The van der Waals surface area contributed by atoms with Crippen molar-refractivity contribution >= 4 is 17.4 Å². The molecule has 5 aromatic rings. The number of pyridine rings is 1. The van der Waals surface area contributed by atoms with Gasteiger partial charge in [0.25, 0.3) is 5.91 Å². The molecular weight excluding hydrogens is 387 g/mol. The molecular formula is C21H15FN6O2. The van der Waals surface area contributed by atoms with Crippen LogP contribution in [-0.2, 0) is 0 Å². The summed E-state index contributed by atoms with van der Waals surface area (Å²) in [5.74, 6) is -1.10. The molecule has 0 saturated heterocycles. The Labute approximate surface area is 169 Å². The fourth-order valence-corrected chi connectivity index (χ4v) is 3.23. The van der Waals surface area contributed by atoms with Gasteiger partial charge in [-0.1, -0.05) is 11.2 Å². The molecule has 0 aliphatic carbocycles. The average Bonchev–Trinajstić information content (AvgIpc) is 3.48. The number of benzene rings is 1. The van der Waals surface area contributed by atoms with E-state index in [1.807, 2.05) is 22.7 Å². The SMILES string of the molecule is Cc1cc(NC(=O)c2ccc(-c3cnc4ccc(-c5cn[nH]c5)cn34)cc2F)on1. The van der Waals surface area contributed by atoms with Gasteiger partial charge in [0.15, 0.2) is 0 Å². The van der Waals surface area contributed by atoms with Gasteiger partial charge in [-0.05, 0) is 31.2 Å². The zero-order valence-electron chi connectivity index (χ0n) is 15.8. The van der Waals surface area contributed by atoms with Crippen LogP contribution in [0, 0.1) is 12.7 Å². The van der Waals surface area contributed by atoms with Crippen molar-refractivity contribution in [3.8, 4) is 22.4 Å². The Morgan fingerprint density at radius 2 is 2.00 bits per heavy atom. The van der Waals surface area contributed by atoms with E-state index >= 15 is 0 Å². The highest BCUT2D eigenvalue weighted by Gasteiger charge is 2.16.